The molecule has 1 N–H and O–H groups in total. The molecule has 0 fully saturated rings. The lowest BCUT2D eigenvalue weighted by Crippen LogP contribution is -2.23. The molecule has 120 valence electrons. The molecule has 1 unspecified atom stereocenters. The normalized spacial score (nSPS) is 12.6. The van der Waals surface area contributed by atoms with Crippen LogP contribution >= 0.6 is 15.9 Å². The van der Waals surface area contributed by atoms with E-state index in [-0.39, 0.29) is 10.5 Å². The van der Waals surface area contributed by atoms with E-state index in [4.69, 9.17) is 0 Å². The maximum Gasteiger partial charge on any atom is 0.173 e. The highest BCUT2D eigenvalue weighted by molar-refractivity contribution is 9.10. The van der Waals surface area contributed by atoms with Crippen LogP contribution < -0.4 is 5.32 Å². The van der Waals surface area contributed by atoms with Crippen molar-refractivity contribution in [1.29, 1.82) is 0 Å². The summed E-state index contributed by atoms with van der Waals surface area (Å²) in [6, 6.07) is 2.98. The molecule has 0 saturated heterocycles. The van der Waals surface area contributed by atoms with E-state index < -0.39 is 11.6 Å². The smallest absolute Gasteiger partial charge is 0.173 e. The van der Waals surface area contributed by atoms with Gasteiger partial charge in [-0.05, 0) is 46.9 Å². The number of hydrogen-bond donors (Lipinski definition) is 1. The minimum absolute atomic E-state index is 0.0797. The Labute approximate surface area is 135 Å². The van der Waals surface area contributed by atoms with Gasteiger partial charge in [-0.15, -0.1) is 0 Å². The van der Waals surface area contributed by atoms with E-state index in [0.29, 0.717) is 0 Å². The average molecular weight is 362 g/mol. The molecule has 1 rings (SSSR count). The van der Waals surface area contributed by atoms with Crippen LogP contribution in [0.3, 0.4) is 0 Å². The van der Waals surface area contributed by atoms with Crippen molar-refractivity contribution in [2.75, 3.05) is 6.54 Å². The Bertz CT molecular complexity index is 423. The first kappa shape index (κ1) is 18.6. The third-order valence-electron chi connectivity index (χ3n) is 3.68. The fraction of sp³-hybridized carbons (Fsp3) is 0.647. The van der Waals surface area contributed by atoms with Crippen LogP contribution in [0, 0.1) is 11.6 Å². The molecule has 0 aliphatic heterocycles. The van der Waals surface area contributed by atoms with E-state index in [1.54, 1.807) is 6.07 Å². The van der Waals surface area contributed by atoms with Crippen LogP contribution in [-0.4, -0.2) is 6.54 Å². The molecule has 21 heavy (non-hydrogen) atoms. The summed E-state index contributed by atoms with van der Waals surface area (Å²) in [5.41, 5.74) is 0.817. The number of nitrogens with one attached hydrogen (secondary N) is 1. The summed E-state index contributed by atoms with van der Waals surface area (Å²) in [7, 11) is 0. The molecule has 0 amide bonds. The first-order valence-electron chi connectivity index (χ1n) is 7.98. The number of rotatable bonds is 10. The Morgan fingerprint density at radius 1 is 1.05 bits per heavy atom. The Morgan fingerprint density at radius 3 is 2.43 bits per heavy atom. The number of hydrogen-bond acceptors (Lipinski definition) is 1. The summed E-state index contributed by atoms with van der Waals surface area (Å²) in [4.78, 5) is 0. The van der Waals surface area contributed by atoms with Crippen LogP contribution in [0.25, 0.3) is 0 Å². The van der Waals surface area contributed by atoms with E-state index in [1.807, 2.05) is 0 Å². The van der Waals surface area contributed by atoms with Crippen molar-refractivity contribution < 1.29 is 8.78 Å². The molecule has 0 aliphatic carbocycles. The van der Waals surface area contributed by atoms with E-state index >= 15 is 0 Å². The second-order valence-corrected chi connectivity index (χ2v) is 6.27. The van der Waals surface area contributed by atoms with Crippen molar-refractivity contribution >= 4 is 15.9 Å². The van der Waals surface area contributed by atoms with E-state index in [9.17, 15) is 8.78 Å². The van der Waals surface area contributed by atoms with Gasteiger partial charge < -0.3 is 5.32 Å². The second-order valence-electron chi connectivity index (χ2n) is 5.47. The predicted molar refractivity (Wildman–Crippen MR) is 88.5 cm³/mol. The fourth-order valence-electron chi connectivity index (χ4n) is 2.45. The summed E-state index contributed by atoms with van der Waals surface area (Å²) in [5.74, 6) is -1.59. The summed E-state index contributed by atoms with van der Waals surface area (Å²) < 4.78 is 27.2. The minimum Gasteiger partial charge on any atom is -0.310 e. The predicted octanol–water partition coefficient (Wildman–Crippen LogP) is 6.13. The van der Waals surface area contributed by atoms with Gasteiger partial charge in [0.2, 0.25) is 0 Å². The quantitative estimate of drug-likeness (QED) is 0.390. The van der Waals surface area contributed by atoms with Gasteiger partial charge in [-0.1, -0.05) is 52.0 Å². The van der Waals surface area contributed by atoms with Crippen molar-refractivity contribution in [1.82, 2.24) is 5.32 Å². The standard InChI is InChI=1S/C17H26BrF2N/c1-3-5-6-7-8-9-15(21-12-4-2)13-10-11-14(19)17(20)16(13)18/h10-11,15,21H,3-9,12H2,1-2H3. The van der Waals surface area contributed by atoms with Gasteiger partial charge in [-0.2, -0.15) is 0 Å². The highest BCUT2D eigenvalue weighted by Gasteiger charge is 2.18. The maximum absolute atomic E-state index is 13.7. The SMILES string of the molecule is CCCCCCCC(NCCC)c1ccc(F)c(F)c1Br. The zero-order valence-electron chi connectivity index (χ0n) is 13.0. The summed E-state index contributed by atoms with van der Waals surface area (Å²) in [6.45, 7) is 5.18. The molecule has 0 radical (unpaired) electrons. The molecule has 1 aromatic carbocycles. The van der Waals surface area contributed by atoms with Gasteiger partial charge in [0.1, 0.15) is 0 Å². The maximum atomic E-state index is 13.7. The van der Waals surface area contributed by atoms with E-state index in [1.165, 1.54) is 31.7 Å². The van der Waals surface area contributed by atoms with Crippen LogP contribution in [0.15, 0.2) is 16.6 Å². The molecule has 4 heteroatoms. The third kappa shape index (κ3) is 6.03. The molecule has 0 aromatic heterocycles. The van der Waals surface area contributed by atoms with Crippen molar-refractivity contribution in [3.8, 4) is 0 Å². The summed E-state index contributed by atoms with van der Waals surface area (Å²) >= 11 is 3.20. The summed E-state index contributed by atoms with van der Waals surface area (Å²) in [5, 5.41) is 3.45. The average Bonchev–Trinajstić information content (AvgIpc) is 2.48. The third-order valence-corrected chi connectivity index (χ3v) is 4.48. The Morgan fingerprint density at radius 2 is 1.76 bits per heavy atom. The van der Waals surface area contributed by atoms with Crippen molar-refractivity contribution in [2.24, 2.45) is 0 Å². The van der Waals surface area contributed by atoms with E-state index in [0.717, 1.165) is 31.4 Å². The molecule has 1 nitrogen and oxygen atoms in total. The number of unbranched alkanes of at least 4 members (excludes halogenated alkanes) is 4. The van der Waals surface area contributed by atoms with Crippen molar-refractivity contribution in [2.45, 2.75) is 64.8 Å². The minimum atomic E-state index is -0.803. The van der Waals surface area contributed by atoms with Gasteiger partial charge in [0.25, 0.3) is 0 Å². The van der Waals surface area contributed by atoms with Gasteiger partial charge >= 0.3 is 0 Å². The van der Waals surface area contributed by atoms with Gasteiger partial charge in [-0.25, -0.2) is 8.78 Å². The Hall–Kier alpha value is -0.480. The van der Waals surface area contributed by atoms with Crippen LogP contribution in [0.2, 0.25) is 0 Å². The lowest BCUT2D eigenvalue weighted by molar-refractivity contribution is 0.456. The molecule has 0 spiro atoms. The highest BCUT2D eigenvalue weighted by atomic mass is 79.9. The first-order valence-corrected chi connectivity index (χ1v) is 8.77. The molecular formula is C17H26BrF2N. The lowest BCUT2D eigenvalue weighted by atomic mass is 9.99. The Balaban J connectivity index is 2.70. The first-order chi connectivity index (χ1) is 10.1. The molecule has 0 aliphatic rings. The summed E-state index contributed by atoms with van der Waals surface area (Å²) in [6.07, 6.45) is 8.01. The lowest BCUT2D eigenvalue weighted by Gasteiger charge is -2.21. The van der Waals surface area contributed by atoms with Crippen LogP contribution in [-0.2, 0) is 0 Å². The van der Waals surface area contributed by atoms with E-state index in [2.05, 4.69) is 35.1 Å². The molecule has 0 heterocycles. The largest absolute Gasteiger partial charge is 0.310 e. The number of halogens is 3. The topological polar surface area (TPSA) is 12.0 Å². The zero-order chi connectivity index (χ0) is 15.7. The van der Waals surface area contributed by atoms with Crippen LogP contribution in [0.5, 0.6) is 0 Å². The Kier molecular flexibility index (Phi) is 9.09. The van der Waals surface area contributed by atoms with Gasteiger partial charge in [0.15, 0.2) is 11.6 Å². The zero-order valence-corrected chi connectivity index (χ0v) is 14.6. The fourth-order valence-corrected chi connectivity index (χ4v) is 3.05. The monoisotopic (exact) mass is 361 g/mol. The number of benzene rings is 1. The molecular weight excluding hydrogens is 336 g/mol. The van der Waals surface area contributed by atoms with Crippen LogP contribution in [0.1, 0.15) is 70.4 Å². The van der Waals surface area contributed by atoms with Gasteiger partial charge in [0.05, 0.1) is 4.47 Å². The van der Waals surface area contributed by atoms with Crippen LogP contribution in [0.4, 0.5) is 8.78 Å². The molecule has 0 saturated carbocycles. The van der Waals surface area contributed by atoms with Crippen molar-refractivity contribution in [3.63, 3.8) is 0 Å². The molecule has 0 bridgehead atoms. The van der Waals surface area contributed by atoms with Gasteiger partial charge in [0, 0.05) is 6.04 Å². The second kappa shape index (κ2) is 10.3. The molecule has 1 aromatic rings. The molecule has 1 atom stereocenters. The highest BCUT2D eigenvalue weighted by Crippen LogP contribution is 2.30. The van der Waals surface area contributed by atoms with Gasteiger partial charge in [-0.3, -0.25) is 0 Å². The van der Waals surface area contributed by atoms with Crippen molar-refractivity contribution in [3.05, 3.63) is 33.8 Å².